The van der Waals surface area contributed by atoms with Crippen LogP contribution in [0, 0.1) is 11.3 Å². The van der Waals surface area contributed by atoms with Gasteiger partial charge in [-0.3, -0.25) is 0 Å². The number of allylic oxidation sites excluding steroid dienone is 1. The van der Waals surface area contributed by atoms with Crippen molar-refractivity contribution in [1.82, 2.24) is 0 Å². The molecule has 0 aromatic heterocycles. The Kier molecular flexibility index (Phi) is 2.39. The van der Waals surface area contributed by atoms with Crippen LogP contribution in [0.2, 0.25) is 0 Å². The van der Waals surface area contributed by atoms with Crippen molar-refractivity contribution >= 4 is 5.70 Å². The highest BCUT2D eigenvalue weighted by Crippen LogP contribution is 2.42. The van der Waals surface area contributed by atoms with Gasteiger partial charge in [-0.15, -0.1) is 0 Å². The van der Waals surface area contributed by atoms with Crippen molar-refractivity contribution in [3.8, 4) is 6.07 Å². The van der Waals surface area contributed by atoms with Gasteiger partial charge >= 0.3 is 0 Å². The Morgan fingerprint density at radius 2 is 1.61 bits per heavy atom. The largest absolute Gasteiger partial charge is 0.397 e. The van der Waals surface area contributed by atoms with Gasteiger partial charge in [0, 0.05) is 11.5 Å². The summed E-state index contributed by atoms with van der Waals surface area (Å²) < 4.78 is 0. The molecule has 2 aromatic rings. The molecule has 86 valence electrons. The molecule has 0 spiro atoms. The van der Waals surface area contributed by atoms with Crippen molar-refractivity contribution < 1.29 is 0 Å². The van der Waals surface area contributed by atoms with Crippen LogP contribution in [0.5, 0.6) is 0 Å². The Morgan fingerprint density at radius 3 is 2.33 bits per heavy atom. The van der Waals surface area contributed by atoms with Crippen LogP contribution in [0.4, 0.5) is 0 Å². The van der Waals surface area contributed by atoms with E-state index in [1.807, 2.05) is 54.6 Å². The average Bonchev–Trinajstić information content (AvgIpc) is 2.73. The van der Waals surface area contributed by atoms with Gasteiger partial charge in [-0.25, -0.2) is 0 Å². The minimum absolute atomic E-state index is 0.0209. The summed E-state index contributed by atoms with van der Waals surface area (Å²) in [7, 11) is 0. The fraction of sp³-hybridized carbons (Fsp3) is 0.0625. The van der Waals surface area contributed by atoms with Crippen LogP contribution in [0.3, 0.4) is 0 Å². The van der Waals surface area contributed by atoms with E-state index >= 15 is 0 Å². The maximum Gasteiger partial charge on any atom is 0.0979 e. The van der Waals surface area contributed by atoms with Gasteiger partial charge in [-0.2, -0.15) is 5.26 Å². The van der Waals surface area contributed by atoms with Crippen LogP contribution in [-0.4, -0.2) is 0 Å². The van der Waals surface area contributed by atoms with Crippen LogP contribution in [0.1, 0.15) is 22.6 Å². The van der Waals surface area contributed by atoms with Crippen molar-refractivity contribution in [1.29, 1.82) is 5.26 Å². The smallest absolute Gasteiger partial charge is 0.0979 e. The summed E-state index contributed by atoms with van der Waals surface area (Å²) in [6.45, 7) is 0. The second kappa shape index (κ2) is 4.05. The molecule has 1 aliphatic carbocycles. The Labute approximate surface area is 106 Å². The molecule has 0 bridgehead atoms. The molecule has 1 unspecified atom stereocenters. The summed E-state index contributed by atoms with van der Waals surface area (Å²) in [5.41, 5.74) is 10.6. The van der Waals surface area contributed by atoms with E-state index in [9.17, 15) is 5.26 Å². The average molecular weight is 232 g/mol. The molecule has 2 aromatic carbocycles. The molecule has 2 heteroatoms. The quantitative estimate of drug-likeness (QED) is 0.821. The minimum atomic E-state index is -0.0209. The zero-order chi connectivity index (χ0) is 12.5. The fourth-order valence-electron chi connectivity index (χ4n) is 2.57. The molecule has 0 aliphatic heterocycles. The minimum Gasteiger partial charge on any atom is -0.397 e. The molecular weight excluding hydrogens is 220 g/mol. The molecule has 18 heavy (non-hydrogen) atoms. The standard InChI is InChI=1S/C16H12N2/c17-10-14-15(11-6-2-1-3-7-11)12-8-4-5-9-13(12)16(14)18/h1-9,15H,18H2. The van der Waals surface area contributed by atoms with Gasteiger partial charge in [0.15, 0.2) is 0 Å². The monoisotopic (exact) mass is 232 g/mol. The topological polar surface area (TPSA) is 49.8 Å². The van der Waals surface area contributed by atoms with Gasteiger partial charge in [0.1, 0.15) is 0 Å². The Bertz CT molecular complexity index is 663. The van der Waals surface area contributed by atoms with E-state index in [1.165, 1.54) is 0 Å². The van der Waals surface area contributed by atoms with Gasteiger partial charge in [0.2, 0.25) is 0 Å². The molecule has 3 rings (SSSR count). The first kappa shape index (κ1) is 10.6. The Balaban J connectivity index is 2.24. The lowest BCUT2D eigenvalue weighted by Crippen LogP contribution is -2.00. The van der Waals surface area contributed by atoms with E-state index in [4.69, 9.17) is 5.73 Å². The second-order valence-electron chi connectivity index (χ2n) is 4.37. The highest BCUT2D eigenvalue weighted by molar-refractivity contribution is 5.81. The lowest BCUT2D eigenvalue weighted by atomic mass is 9.89. The number of nitrogens with two attached hydrogens (primary N) is 1. The van der Waals surface area contributed by atoms with Gasteiger partial charge in [-0.05, 0) is 11.1 Å². The first-order chi connectivity index (χ1) is 8.83. The maximum atomic E-state index is 9.35. The van der Waals surface area contributed by atoms with Crippen LogP contribution >= 0.6 is 0 Å². The zero-order valence-corrected chi connectivity index (χ0v) is 9.80. The normalized spacial score (nSPS) is 17.4. The highest BCUT2D eigenvalue weighted by Gasteiger charge is 2.30. The number of nitrogens with zero attached hydrogens (tertiary/aromatic N) is 1. The third kappa shape index (κ3) is 1.42. The highest BCUT2D eigenvalue weighted by atomic mass is 14.6. The van der Waals surface area contributed by atoms with E-state index < -0.39 is 0 Å². The molecule has 0 heterocycles. The van der Waals surface area contributed by atoms with Crippen LogP contribution in [0.25, 0.3) is 5.70 Å². The predicted octanol–water partition coefficient (Wildman–Crippen LogP) is 3.03. The third-order valence-corrected chi connectivity index (χ3v) is 3.39. The molecule has 2 N–H and O–H groups in total. The maximum absolute atomic E-state index is 9.35. The van der Waals surface area contributed by atoms with Crippen LogP contribution in [-0.2, 0) is 0 Å². The van der Waals surface area contributed by atoms with Gasteiger partial charge in [0.25, 0.3) is 0 Å². The van der Waals surface area contributed by atoms with Gasteiger partial charge in [-0.1, -0.05) is 54.6 Å². The third-order valence-electron chi connectivity index (χ3n) is 3.39. The molecular formula is C16H12N2. The summed E-state index contributed by atoms with van der Waals surface area (Å²) in [5.74, 6) is -0.0209. The van der Waals surface area contributed by atoms with E-state index in [2.05, 4.69) is 6.07 Å². The first-order valence-corrected chi connectivity index (χ1v) is 5.87. The SMILES string of the molecule is N#CC1=C(N)c2ccccc2C1c1ccccc1. The molecule has 1 atom stereocenters. The number of hydrogen-bond acceptors (Lipinski definition) is 2. The molecule has 0 fully saturated rings. The van der Waals surface area contributed by atoms with E-state index in [0.29, 0.717) is 11.3 Å². The molecule has 1 aliphatic rings. The molecule has 0 saturated heterocycles. The van der Waals surface area contributed by atoms with Crippen molar-refractivity contribution in [3.63, 3.8) is 0 Å². The van der Waals surface area contributed by atoms with Crippen molar-refractivity contribution in [2.45, 2.75) is 5.92 Å². The van der Waals surface area contributed by atoms with Crippen LogP contribution in [0.15, 0.2) is 60.2 Å². The predicted molar refractivity (Wildman–Crippen MR) is 71.4 cm³/mol. The van der Waals surface area contributed by atoms with E-state index in [-0.39, 0.29) is 5.92 Å². The van der Waals surface area contributed by atoms with E-state index in [1.54, 1.807) is 0 Å². The number of benzene rings is 2. The Morgan fingerprint density at radius 1 is 0.944 bits per heavy atom. The second-order valence-corrected chi connectivity index (χ2v) is 4.37. The molecule has 2 nitrogen and oxygen atoms in total. The number of hydrogen-bond donors (Lipinski definition) is 1. The van der Waals surface area contributed by atoms with Crippen molar-refractivity contribution in [2.24, 2.45) is 5.73 Å². The molecule has 0 saturated carbocycles. The Hall–Kier alpha value is -2.53. The summed E-state index contributed by atoms with van der Waals surface area (Å²) in [4.78, 5) is 0. The van der Waals surface area contributed by atoms with Gasteiger partial charge in [0.05, 0.1) is 17.3 Å². The molecule has 0 amide bonds. The van der Waals surface area contributed by atoms with Crippen LogP contribution < -0.4 is 5.73 Å². The first-order valence-electron chi connectivity index (χ1n) is 5.87. The summed E-state index contributed by atoms with van der Waals surface area (Å²) in [5, 5.41) is 9.35. The molecule has 0 radical (unpaired) electrons. The number of rotatable bonds is 1. The fourth-order valence-corrected chi connectivity index (χ4v) is 2.57. The summed E-state index contributed by atoms with van der Waals surface area (Å²) in [6.07, 6.45) is 0. The zero-order valence-electron chi connectivity index (χ0n) is 9.80. The lowest BCUT2D eigenvalue weighted by molar-refractivity contribution is 1.01. The summed E-state index contributed by atoms with van der Waals surface area (Å²) in [6, 6.07) is 20.3. The number of nitriles is 1. The van der Waals surface area contributed by atoms with E-state index in [0.717, 1.165) is 16.7 Å². The van der Waals surface area contributed by atoms with Crippen molar-refractivity contribution in [3.05, 3.63) is 76.9 Å². The summed E-state index contributed by atoms with van der Waals surface area (Å²) >= 11 is 0. The van der Waals surface area contributed by atoms with Gasteiger partial charge < -0.3 is 5.73 Å². The lowest BCUT2D eigenvalue weighted by Gasteiger charge is -2.12. The van der Waals surface area contributed by atoms with Crippen molar-refractivity contribution in [2.75, 3.05) is 0 Å². The number of fused-ring (bicyclic) bond motifs is 1.